The molecule has 2 rings (SSSR count). The molecule has 0 aliphatic carbocycles. The average molecular weight is 302 g/mol. The summed E-state index contributed by atoms with van der Waals surface area (Å²) < 4.78 is 6.76. The predicted molar refractivity (Wildman–Crippen MR) is 73.0 cm³/mol. The van der Waals surface area contributed by atoms with E-state index in [1.165, 1.54) is 5.75 Å². The molecule has 1 fully saturated rings. The normalized spacial score (nSPS) is 24.6. The predicted octanol–water partition coefficient (Wildman–Crippen LogP) is 2.91. The second-order valence-corrected chi connectivity index (χ2v) is 6.05. The van der Waals surface area contributed by atoms with E-state index >= 15 is 0 Å². The molecule has 0 spiro atoms. The van der Waals surface area contributed by atoms with Crippen LogP contribution in [0.2, 0.25) is 0 Å². The molecule has 0 aromatic heterocycles. The Morgan fingerprint density at radius 3 is 3.00 bits per heavy atom. The molecule has 1 aliphatic heterocycles. The van der Waals surface area contributed by atoms with Gasteiger partial charge in [-0.2, -0.15) is 11.8 Å². The van der Waals surface area contributed by atoms with E-state index in [2.05, 4.69) is 15.9 Å². The standard InChI is InChI=1S/C12H16BrNOS/c13-10-2-1-3-11(6-10)15-5-4-9-7-16-8-12(9)14/h1-3,6,9,12H,4-5,7-8,14H2. The molecule has 0 bridgehead atoms. The molecule has 1 aromatic rings. The van der Waals surface area contributed by atoms with Crippen LogP contribution in [0.1, 0.15) is 6.42 Å². The number of nitrogens with two attached hydrogens (primary N) is 1. The van der Waals surface area contributed by atoms with Gasteiger partial charge in [0.25, 0.3) is 0 Å². The lowest BCUT2D eigenvalue weighted by Crippen LogP contribution is -2.29. The van der Waals surface area contributed by atoms with E-state index in [4.69, 9.17) is 10.5 Å². The quantitative estimate of drug-likeness (QED) is 0.929. The van der Waals surface area contributed by atoms with Crippen molar-refractivity contribution in [2.24, 2.45) is 11.7 Å². The van der Waals surface area contributed by atoms with Crippen LogP contribution >= 0.6 is 27.7 Å². The summed E-state index contributed by atoms with van der Waals surface area (Å²) in [5.74, 6) is 3.83. The molecular weight excluding hydrogens is 286 g/mol. The molecular formula is C12H16BrNOS. The Kier molecular flexibility index (Phi) is 4.55. The number of thioether (sulfide) groups is 1. The summed E-state index contributed by atoms with van der Waals surface area (Å²) in [4.78, 5) is 0. The van der Waals surface area contributed by atoms with Crippen LogP contribution in [0.25, 0.3) is 0 Å². The van der Waals surface area contributed by atoms with Gasteiger partial charge < -0.3 is 10.5 Å². The second kappa shape index (κ2) is 5.94. The molecule has 1 heterocycles. The van der Waals surface area contributed by atoms with E-state index in [-0.39, 0.29) is 0 Å². The third-order valence-electron chi connectivity index (χ3n) is 2.80. The van der Waals surface area contributed by atoms with Gasteiger partial charge in [-0.15, -0.1) is 0 Å². The molecule has 88 valence electrons. The van der Waals surface area contributed by atoms with E-state index < -0.39 is 0 Å². The number of hydrogen-bond donors (Lipinski definition) is 1. The molecule has 4 heteroatoms. The molecule has 0 radical (unpaired) electrons. The minimum absolute atomic E-state index is 0.358. The lowest BCUT2D eigenvalue weighted by Gasteiger charge is -2.14. The van der Waals surface area contributed by atoms with Crippen LogP contribution in [-0.2, 0) is 0 Å². The van der Waals surface area contributed by atoms with Gasteiger partial charge in [0.1, 0.15) is 5.75 Å². The maximum Gasteiger partial charge on any atom is 0.120 e. The minimum Gasteiger partial charge on any atom is -0.494 e. The summed E-state index contributed by atoms with van der Waals surface area (Å²) >= 11 is 5.38. The van der Waals surface area contributed by atoms with Crippen LogP contribution in [0.4, 0.5) is 0 Å². The van der Waals surface area contributed by atoms with Crippen molar-refractivity contribution in [2.45, 2.75) is 12.5 Å². The summed E-state index contributed by atoms with van der Waals surface area (Å²) in [6, 6.07) is 8.31. The molecule has 0 saturated carbocycles. The van der Waals surface area contributed by atoms with Gasteiger partial charge in [0.05, 0.1) is 6.61 Å². The van der Waals surface area contributed by atoms with E-state index in [1.807, 2.05) is 36.0 Å². The molecule has 0 amide bonds. The van der Waals surface area contributed by atoms with Crippen molar-refractivity contribution in [3.8, 4) is 5.75 Å². The summed E-state index contributed by atoms with van der Waals surface area (Å²) in [5.41, 5.74) is 6.00. The fourth-order valence-corrected chi connectivity index (χ4v) is 3.57. The Hall–Kier alpha value is -0.190. The maximum atomic E-state index is 6.00. The van der Waals surface area contributed by atoms with E-state index in [0.29, 0.717) is 12.0 Å². The minimum atomic E-state index is 0.358. The SMILES string of the molecule is NC1CSCC1CCOc1cccc(Br)c1. The highest BCUT2D eigenvalue weighted by Crippen LogP contribution is 2.26. The molecule has 2 atom stereocenters. The van der Waals surface area contributed by atoms with Crippen LogP contribution < -0.4 is 10.5 Å². The van der Waals surface area contributed by atoms with Crippen molar-refractivity contribution in [1.29, 1.82) is 0 Å². The summed E-state index contributed by atoms with van der Waals surface area (Å²) in [7, 11) is 0. The highest BCUT2D eigenvalue weighted by Gasteiger charge is 2.23. The lowest BCUT2D eigenvalue weighted by molar-refractivity contribution is 0.278. The van der Waals surface area contributed by atoms with Crippen LogP contribution in [0.5, 0.6) is 5.75 Å². The summed E-state index contributed by atoms with van der Waals surface area (Å²) in [6.07, 6.45) is 1.06. The Morgan fingerprint density at radius 1 is 1.44 bits per heavy atom. The Bertz CT molecular complexity index is 348. The molecule has 1 saturated heterocycles. The Morgan fingerprint density at radius 2 is 2.31 bits per heavy atom. The first-order valence-corrected chi connectivity index (χ1v) is 7.42. The topological polar surface area (TPSA) is 35.2 Å². The van der Waals surface area contributed by atoms with Gasteiger partial charge >= 0.3 is 0 Å². The fourth-order valence-electron chi connectivity index (χ4n) is 1.80. The van der Waals surface area contributed by atoms with Crippen LogP contribution in [-0.4, -0.2) is 24.2 Å². The highest BCUT2D eigenvalue weighted by atomic mass is 79.9. The maximum absolute atomic E-state index is 6.00. The number of halogens is 1. The molecule has 16 heavy (non-hydrogen) atoms. The molecule has 2 nitrogen and oxygen atoms in total. The van der Waals surface area contributed by atoms with Crippen molar-refractivity contribution in [2.75, 3.05) is 18.1 Å². The van der Waals surface area contributed by atoms with Gasteiger partial charge in [-0.1, -0.05) is 22.0 Å². The Balaban J connectivity index is 1.75. The van der Waals surface area contributed by atoms with Gasteiger partial charge in [0.2, 0.25) is 0 Å². The average Bonchev–Trinajstić information content (AvgIpc) is 2.65. The summed E-state index contributed by atoms with van der Waals surface area (Å²) in [5, 5.41) is 0. The first kappa shape index (κ1) is 12.3. The zero-order valence-corrected chi connectivity index (χ0v) is 11.5. The van der Waals surface area contributed by atoms with Crippen molar-refractivity contribution < 1.29 is 4.74 Å². The number of benzene rings is 1. The summed E-state index contributed by atoms with van der Waals surface area (Å²) in [6.45, 7) is 0.759. The molecule has 1 aromatic carbocycles. The van der Waals surface area contributed by atoms with Crippen molar-refractivity contribution in [1.82, 2.24) is 0 Å². The van der Waals surface area contributed by atoms with Crippen molar-refractivity contribution in [3.63, 3.8) is 0 Å². The fraction of sp³-hybridized carbons (Fsp3) is 0.500. The number of rotatable bonds is 4. The smallest absolute Gasteiger partial charge is 0.120 e. The van der Waals surface area contributed by atoms with Crippen LogP contribution in [0.3, 0.4) is 0 Å². The third-order valence-corrected chi connectivity index (χ3v) is 4.58. The monoisotopic (exact) mass is 301 g/mol. The first-order valence-electron chi connectivity index (χ1n) is 5.47. The molecule has 2 N–H and O–H groups in total. The molecule has 1 aliphatic rings. The van der Waals surface area contributed by atoms with Crippen LogP contribution in [0.15, 0.2) is 28.7 Å². The second-order valence-electron chi connectivity index (χ2n) is 4.06. The molecule has 2 unspecified atom stereocenters. The highest BCUT2D eigenvalue weighted by molar-refractivity contribution is 9.10. The van der Waals surface area contributed by atoms with E-state index in [1.54, 1.807) is 0 Å². The third kappa shape index (κ3) is 3.40. The van der Waals surface area contributed by atoms with Crippen molar-refractivity contribution in [3.05, 3.63) is 28.7 Å². The van der Waals surface area contributed by atoms with E-state index in [0.717, 1.165) is 29.0 Å². The zero-order chi connectivity index (χ0) is 11.4. The number of ether oxygens (including phenoxy) is 1. The van der Waals surface area contributed by atoms with Gasteiger partial charge in [0, 0.05) is 16.3 Å². The Labute approximate surface area is 109 Å². The zero-order valence-electron chi connectivity index (χ0n) is 9.06. The first-order chi connectivity index (χ1) is 7.75. The van der Waals surface area contributed by atoms with Gasteiger partial charge in [-0.25, -0.2) is 0 Å². The van der Waals surface area contributed by atoms with E-state index in [9.17, 15) is 0 Å². The van der Waals surface area contributed by atoms with Gasteiger partial charge in [-0.3, -0.25) is 0 Å². The lowest BCUT2D eigenvalue weighted by atomic mass is 10.0. The van der Waals surface area contributed by atoms with Crippen molar-refractivity contribution >= 4 is 27.7 Å². The van der Waals surface area contributed by atoms with Crippen LogP contribution in [0, 0.1) is 5.92 Å². The number of hydrogen-bond acceptors (Lipinski definition) is 3. The largest absolute Gasteiger partial charge is 0.494 e. The van der Waals surface area contributed by atoms with Gasteiger partial charge in [0.15, 0.2) is 0 Å². The van der Waals surface area contributed by atoms with Gasteiger partial charge in [-0.05, 0) is 36.3 Å².